The molecule has 2 heterocycles. The van der Waals surface area contributed by atoms with Gasteiger partial charge < -0.3 is 14.5 Å². The Balaban J connectivity index is 1.73. The summed E-state index contributed by atoms with van der Waals surface area (Å²) in [5.74, 6) is 0.625. The molecule has 0 bridgehead atoms. The molecule has 1 aliphatic heterocycles. The van der Waals surface area contributed by atoms with Crippen LogP contribution in [0.15, 0.2) is 47.7 Å². The molecule has 0 N–H and O–H groups in total. The highest BCUT2D eigenvalue weighted by Crippen LogP contribution is 2.31. The summed E-state index contributed by atoms with van der Waals surface area (Å²) >= 11 is 0. The number of hydrogen-bond donors (Lipinski definition) is 0. The summed E-state index contributed by atoms with van der Waals surface area (Å²) in [5.41, 5.74) is 1.64. The Morgan fingerprint density at radius 3 is 2.73 bits per heavy atom. The van der Waals surface area contributed by atoms with E-state index in [1.807, 2.05) is 36.2 Å². The van der Waals surface area contributed by atoms with E-state index in [9.17, 15) is 9.18 Å². The van der Waals surface area contributed by atoms with Gasteiger partial charge in [-0.25, -0.2) is 4.39 Å². The van der Waals surface area contributed by atoms with E-state index in [-0.39, 0.29) is 17.6 Å². The van der Waals surface area contributed by atoms with Crippen LogP contribution in [-0.4, -0.2) is 48.7 Å². The highest BCUT2D eigenvalue weighted by molar-refractivity contribution is 5.73. The van der Waals surface area contributed by atoms with E-state index in [1.165, 1.54) is 6.20 Å². The van der Waals surface area contributed by atoms with Crippen LogP contribution in [0.4, 0.5) is 15.8 Å². The van der Waals surface area contributed by atoms with Crippen LogP contribution < -0.4 is 9.64 Å². The highest BCUT2D eigenvalue weighted by Gasteiger charge is 2.24. The third kappa shape index (κ3) is 4.67. The largest absolute Gasteiger partial charge is 0.457 e. The molecule has 0 aliphatic carbocycles. The van der Waals surface area contributed by atoms with Crippen LogP contribution in [0.25, 0.3) is 5.76 Å². The zero-order valence-corrected chi connectivity index (χ0v) is 17.6. The maximum absolute atomic E-state index is 14.0. The molecule has 0 radical (unpaired) electrons. The number of likely N-dealkylation sites (N-methyl/N-ethyl adjacent to an activating group) is 1. The van der Waals surface area contributed by atoms with Gasteiger partial charge in [-0.1, -0.05) is 0 Å². The van der Waals surface area contributed by atoms with Crippen molar-refractivity contribution < 1.29 is 13.9 Å². The van der Waals surface area contributed by atoms with E-state index in [0.717, 1.165) is 37.8 Å². The van der Waals surface area contributed by atoms with Crippen molar-refractivity contribution in [2.75, 3.05) is 25.0 Å². The quantitative estimate of drug-likeness (QED) is 0.522. The van der Waals surface area contributed by atoms with Gasteiger partial charge in [0.2, 0.25) is 5.91 Å². The fourth-order valence-corrected chi connectivity index (χ4v) is 3.65. The van der Waals surface area contributed by atoms with Gasteiger partial charge in [0.15, 0.2) is 5.82 Å². The molecule has 1 atom stereocenters. The molecule has 0 saturated carbocycles. The van der Waals surface area contributed by atoms with E-state index in [0.29, 0.717) is 17.1 Å². The fourth-order valence-electron chi connectivity index (χ4n) is 3.65. The van der Waals surface area contributed by atoms with Gasteiger partial charge in [0.1, 0.15) is 17.2 Å². The number of carbonyl (C=O) groups is 1. The van der Waals surface area contributed by atoms with Crippen molar-refractivity contribution in [1.29, 1.82) is 0 Å². The number of piperidine rings is 1. The summed E-state index contributed by atoms with van der Waals surface area (Å²) in [6, 6.07) is 7.97. The van der Waals surface area contributed by atoms with Crippen LogP contribution in [0.2, 0.25) is 0 Å². The minimum absolute atomic E-state index is 0.0877. The van der Waals surface area contributed by atoms with Crippen molar-refractivity contribution >= 4 is 29.8 Å². The monoisotopic (exact) mass is 410 g/mol. The van der Waals surface area contributed by atoms with Crippen LogP contribution in [0.3, 0.4) is 0 Å². The lowest BCUT2D eigenvalue weighted by atomic mass is 10.0. The van der Waals surface area contributed by atoms with Crippen molar-refractivity contribution in [3.8, 4) is 5.75 Å². The highest BCUT2D eigenvalue weighted by atomic mass is 19.1. The fraction of sp³-hybridized carbons (Fsp3) is 0.348. The summed E-state index contributed by atoms with van der Waals surface area (Å²) in [7, 11) is 1.86. The molecule has 3 rings (SSSR count). The molecule has 2 aromatic rings. The van der Waals surface area contributed by atoms with Crippen LogP contribution >= 0.6 is 0 Å². The topological polar surface area (TPSA) is 58.0 Å². The number of ether oxygens (including phenoxy) is 1. The molecule has 1 aromatic carbocycles. The van der Waals surface area contributed by atoms with Gasteiger partial charge in [-0.05, 0) is 56.8 Å². The number of nitrogens with zero attached hydrogens (tertiary/aromatic N) is 4. The van der Waals surface area contributed by atoms with Crippen LogP contribution in [0.5, 0.6) is 5.75 Å². The molecule has 0 spiro atoms. The number of pyridine rings is 1. The van der Waals surface area contributed by atoms with Crippen LogP contribution in [-0.2, 0) is 4.79 Å². The Labute approximate surface area is 176 Å². The smallest absolute Gasteiger partial charge is 0.219 e. The maximum atomic E-state index is 14.0. The summed E-state index contributed by atoms with van der Waals surface area (Å²) in [6.45, 7) is 8.60. The molecule has 30 heavy (non-hydrogen) atoms. The molecule has 6 nitrogen and oxygen atoms in total. The second-order valence-corrected chi connectivity index (χ2v) is 7.30. The number of rotatable bonds is 6. The summed E-state index contributed by atoms with van der Waals surface area (Å²) in [4.78, 5) is 23.5. The molecule has 1 aromatic heterocycles. The summed E-state index contributed by atoms with van der Waals surface area (Å²) in [6.07, 6.45) is 6.40. The van der Waals surface area contributed by atoms with Gasteiger partial charge >= 0.3 is 0 Å². The molecule has 1 saturated heterocycles. The van der Waals surface area contributed by atoms with Crippen molar-refractivity contribution in [2.24, 2.45) is 4.99 Å². The van der Waals surface area contributed by atoms with Crippen molar-refractivity contribution in [2.45, 2.75) is 32.7 Å². The Bertz CT molecular complexity index is 943. The molecular weight excluding hydrogens is 383 g/mol. The normalized spacial score (nSPS) is 16.9. The van der Waals surface area contributed by atoms with Crippen molar-refractivity contribution in [3.05, 3.63) is 54.1 Å². The van der Waals surface area contributed by atoms with Crippen molar-refractivity contribution in [1.82, 2.24) is 9.88 Å². The lowest BCUT2D eigenvalue weighted by Gasteiger charge is -2.38. The number of aromatic nitrogens is 1. The SMILES string of the molecule is C=Nc1c(F)cncc1/C(=C\C)Oc1ccc(N2CCCC(N(C)C(C)=O)C2)cc1. The number of carbonyl (C=O) groups excluding carboxylic acids is 1. The zero-order valence-electron chi connectivity index (χ0n) is 17.6. The van der Waals surface area contributed by atoms with Gasteiger partial charge in [0.05, 0.1) is 11.8 Å². The molecular formula is C23H27FN4O2. The van der Waals surface area contributed by atoms with E-state index in [2.05, 4.69) is 21.6 Å². The summed E-state index contributed by atoms with van der Waals surface area (Å²) < 4.78 is 19.9. The van der Waals surface area contributed by atoms with Crippen LogP contribution in [0, 0.1) is 5.82 Å². The standard InChI is InChI=1S/C23H27FN4O2/c1-5-22(20-13-26-14-21(24)23(20)25-3)30-19-10-8-17(9-11-19)28-12-6-7-18(15-28)27(4)16(2)29/h5,8-11,13-14,18H,3,6-7,12,15H2,1-2,4H3/b22-5+. The van der Waals surface area contributed by atoms with Gasteiger partial charge in [-0.15, -0.1) is 0 Å². The maximum Gasteiger partial charge on any atom is 0.219 e. The molecule has 1 aliphatic rings. The van der Waals surface area contributed by atoms with Crippen LogP contribution in [0.1, 0.15) is 32.3 Å². The van der Waals surface area contributed by atoms with Gasteiger partial charge in [-0.3, -0.25) is 14.8 Å². The lowest BCUT2D eigenvalue weighted by molar-refractivity contribution is -0.129. The predicted molar refractivity (Wildman–Crippen MR) is 118 cm³/mol. The average Bonchev–Trinajstić information content (AvgIpc) is 2.77. The Morgan fingerprint density at radius 2 is 2.10 bits per heavy atom. The van der Waals surface area contributed by atoms with E-state index in [4.69, 9.17) is 4.74 Å². The Hall–Kier alpha value is -3.22. The Morgan fingerprint density at radius 1 is 1.37 bits per heavy atom. The molecule has 1 unspecified atom stereocenters. The first-order valence-electron chi connectivity index (χ1n) is 9.97. The number of halogens is 1. The molecule has 7 heteroatoms. The minimum atomic E-state index is -0.545. The number of aliphatic imine (C=N–C) groups is 1. The first kappa shape index (κ1) is 21.5. The first-order valence-corrected chi connectivity index (χ1v) is 9.97. The second-order valence-electron chi connectivity index (χ2n) is 7.30. The second kappa shape index (κ2) is 9.52. The number of allylic oxidation sites excluding steroid dienone is 1. The Kier molecular flexibility index (Phi) is 6.82. The predicted octanol–water partition coefficient (Wildman–Crippen LogP) is 4.44. The first-order chi connectivity index (χ1) is 14.4. The lowest BCUT2D eigenvalue weighted by Crippen LogP contribution is -2.48. The van der Waals surface area contributed by atoms with E-state index >= 15 is 0 Å². The van der Waals surface area contributed by atoms with Crippen molar-refractivity contribution in [3.63, 3.8) is 0 Å². The molecule has 1 amide bonds. The average molecular weight is 410 g/mol. The molecule has 158 valence electrons. The van der Waals surface area contributed by atoms with Gasteiger partial charge in [0, 0.05) is 45.0 Å². The third-order valence-corrected chi connectivity index (χ3v) is 5.43. The minimum Gasteiger partial charge on any atom is -0.457 e. The number of benzene rings is 1. The van der Waals surface area contributed by atoms with E-state index < -0.39 is 5.82 Å². The zero-order chi connectivity index (χ0) is 21.7. The summed E-state index contributed by atoms with van der Waals surface area (Å²) in [5, 5.41) is 0. The van der Waals surface area contributed by atoms with Gasteiger partial charge in [0.25, 0.3) is 0 Å². The third-order valence-electron chi connectivity index (χ3n) is 5.43. The van der Waals surface area contributed by atoms with Gasteiger partial charge in [-0.2, -0.15) is 0 Å². The van der Waals surface area contributed by atoms with E-state index in [1.54, 1.807) is 19.9 Å². The number of anilines is 1. The molecule has 1 fully saturated rings. The number of hydrogen-bond acceptors (Lipinski definition) is 5. The number of amides is 1.